The van der Waals surface area contributed by atoms with Crippen molar-refractivity contribution in [2.24, 2.45) is 5.73 Å². The van der Waals surface area contributed by atoms with Gasteiger partial charge in [0.05, 0.1) is 6.10 Å². The van der Waals surface area contributed by atoms with Crippen LogP contribution in [0.2, 0.25) is 0 Å². The molecule has 0 radical (unpaired) electrons. The highest BCUT2D eigenvalue weighted by molar-refractivity contribution is 8.00. The van der Waals surface area contributed by atoms with Crippen LogP contribution in [0, 0.1) is 0 Å². The number of ether oxygens (including phenoxy) is 1. The fourth-order valence-corrected chi connectivity index (χ4v) is 3.73. The van der Waals surface area contributed by atoms with Crippen molar-refractivity contribution in [3.05, 3.63) is 35.4 Å². The Labute approximate surface area is 121 Å². The van der Waals surface area contributed by atoms with Crippen molar-refractivity contribution in [2.75, 3.05) is 12.4 Å². The van der Waals surface area contributed by atoms with Crippen LogP contribution in [0.5, 0.6) is 0 Å². The molecule has 1 aromatic rings. The monoisotopic (exact) mass is 279 g/mol. The van der Waals surface area contributed by atoms with Crippen molar-refractivity contribution in [3.63, 3.8) is 0 Å². The minimum Gasteiger partial charge on any atom is -0.377 e. The van der Waals surface area contributed by atoms with Crippen molar-refractivity contribution in [2.45, 2.75) is 50.5 Å². The van der Waals surface area contributed by atoms with Gasteiger partial charge in [0.2, 0.25) is 0 Å². The van der Waals surface area contributed by atoms with Gasteiger partial charge in [-0.25, -0.2) is 0 Å². The van der Waals surface area contributed by atoms with Crippen LogP contribution in [-0.2, 0) is 11.2 Å². The number of thioether (sulfide) groups is 1. The van der Waals surface area contributed by atoms with Gasteiger partial charge in [0.25, 0.3) is 0 Å². The van der Waals surface area contributed by atoms with Gasteiger partial charge in [-0.05, 0) is 30.9 Å². The van der Waals surface area contributed by atoms with Crippen LogP contribution in [0.1, 0.15) is 43.9 Å². The van der Waals surface area contributed by atoms with Gasteiger partial charge in [-0.3, -0.25) is 0 Å². The molecule has 0 saturated carbocycles. The van der Waals surface area contributed by atoms with Crippen LogP contribution in [0.15, 0.2) is 24.3 Å². The van der Waals surface area contributed by atoms with Crippen LogP contribution >= 0.6 is 11.8 Å². The average molecular weight is 279 g/mol. The number of hydrogen-bond donors (Lipinski definition) is 1. The summed E-state index contributed by atoms with van der Waals surface area (Å²) in [5, 5.41) is 0.616. The number of aryl methyl sites for hydroxylation is 1. The van der Waals surface area contributed by atoms with Gasteiger partial charge in [-0.15, -0.1) is 0 Å². The summed E-state index contributed by atoms with van der Waals surface area (Å²) in [6.45, 7) is 5.27. The smallest absolute Gasteiger partial charge is 0.0666 e. The molecule has 19 heavy (non-hydrogen) atoms. The first kappa shape index (κ1) is 14.9. The largest absolute Gasteiger partial charge is 0.377 e. The third kappa shape index (κ3) is 4.23. The normalized spacial score (nSPS) is 24.6. The number of benzene rings is 1. The van der Waals surface area contributed by atoms with Crippen LogP contribution in [-0.4, -0.2) is 23.7 Å². The van der Waals surface area contributed by atoms with Crippen molar-refractivity contribution < 1.29 is 4.74 Å². The number of nitrogens with two attached hydrogens (primary N) is 1. The third-order valence-corrected chi connectivity index (χ3v) is 5.34. The molecule has 1 aliphatic heterocycles. The van der Waals surface area contributed by atoms with E-state index in [0.717, 1.165) is 25.2 Å². The van der Waals surface area contributed by atoms with E-state index >= 15 is 0 Å². The van der Waals surface area contributed by atoms with Gasteiger partial charge < -0.3 is 10.5 Å². The molecule has 1 aromatic carbocycles. The molecule has 1 saturated heterocycles. The van der Waals surface area contributed by atoms with E-state index in [9.17, 15) is 0 Å². The van der Waals surface area contributed by atoms with E-state index in [-0.39, 0.29) is 6.04 Å². The lowest BCUT2D eigenvalue weighted by molar-refractivity contribution is 0.127. The Morgan fingerprint density at radius 1 is 1.37 bits per heavy atom. The quantitative estimate of drug-likeness (QED) is 0.865. The number of hydrogen-bond acceptors (Lipinski definition) is 3. The van der Waals surface area contributed by atoms with E-state index in [4.69, 9.17) is 10.5 Å². The molecule has 0 amide bonds. The second-order valence-corrected chi connectivity index (χ2v) is 6.61. The molecule has 0 aromatic heterocycles. The Kier molecular flexibility index (Phi) is 5.74. The molecular formula is C16H25NOS. The lowest BCUT2D eigenvalue weighted by atomic mass is 10.0. The first-order valence-corrected chi connectivity index (χ1v) is 8.33. The Morgan fingerprint density at radius 2 is 2.11 bits per heavy atom. The first-order valence-electron chi connectivity index (χ1n) is 7.28. The van der Waals surface area contributed by atoms with Crippen molar-refractivity contribution in [1.82, 2.24) is 0 Å². The van der Waals surface area contributed by atoms with Gasteiger partial charge in [-0.2, -0.15) is 11.8 Å². The first-order chi connectivity index (χ1) is 9.20. The molecule has 106 valence electrons. The van der Waals surface area contributed by atoms with E-state index in [1.165, 1.54) is 17.5 Å². The highest BCUT2D eigenvalue weighted by Crippen LogP contribution is 2.29. The summed E-state index contributed by atoms with van der Waals surface area (Å²) in [4.78, 5) is 0. The van der Waals surface area contributed by atoms with Gasteiger partial charge >= 0.3 is 0 Å². The second kappa shape index (κ2) is 7.32. The molecule has 3 unspecified atom stereocenters. The maximum atomic E-state index is 6.28. The minimum absolute atomic E-state index is 0.133. The minimum atomic E-state index is 0.133. The van der Waals surface area contributed by atoms with Crippen molar-refractivity contribution in [1.29, 1.82) is 0 Å². The third-order valence-electron chi connectivity index (χ3n) is 3.74. The van der Waals surface area contributed by atoms with Gasteiger partial charge in [0.15, 0.2) is 0 Å². The lowest BCUT2D eigenvalue weighted by Crippen LogP contribution is -2.19. The average Bonchev–Trinajstić information content (AvgIpc) is 2.83. The van der Waals surface area contributed by atoms with E-state index in [1.807, 2.05) is 11.8 Å². The summed E-state index contributed by atoms with van der Waals surface area (Å²) in [5.41, 5.74) is 8.94. The summed E-state index contributed by atoms with van der Waals surface area (Å²) in [7, 11) is 0. The molecule has 1 heterocycles. The Bertz CT molecular complexity index is 379. The predicted molar refractivity (Wildman–Crippen MR) is 83.6 cm³/mol. The van der Waals surface area contributed by atoms with Gasteiger partial charge in [0, 0.05) is 23.7 Å². The zero-order valence-corrected chi connectivity index (χ0v) is 12.8. The SMILES string of the molecule is CCCc1ccc(C(N)CSC2CCOC2C)cc1. The molecule has 0 aliphatic carbocycles. The predicted octanol–water partition coefficient (Wildman–Crippen LogP) is 3.55. The van der Waals surface area contributed by atoms with Gasteiger partial charge in [-0.1, -0.05) is 37.6 Å². The highest BCUT2D eigenvalue weighted by atomic mass is 32.2. The molecule has 0 bridgehead atoms. The zero-order chi connectivity index (χ0) is 13.7. The van der Waals surface area contributed by atoms with Crippen LogP contribution in [0.4, 0.5) is 0 Å². The Morgan fingerprint density at radius 3 is 2.68 bits per heavy atom. The summed E-state index contributed by atoms with van der Waals surface area (Å²) in [6, 6.07) is 8.93. The van der Waals surface area contributed by atoms with Crippen molar-refractivity contribution >= 4 is 11.8 Å². The molecule has 1 fully saturated rings. The summed E-state index contributed by atoms with van der Waals surface area (Å²) >= 11 is 1.96. The maximum absolute atomic E-state index is 6.28. The molecule has 1 aliphatic rings. The lowest BCUT2D eigenvalue weighted by Gasteiger charge is -2.17. The van der Waals surface area contributed by atoms with Crippen molar-refractivity contribution in [3.8, 4) is 0 Å². The summed E-state index contributed by atoms with van der Waals surface area (Å²) in [5.74, 6) is 0.978. The summed E-state index contributed by atoms with van der Waals surface area (Å²) < 4.78 is 5.58. The highest BCUT2D eigenvalue weighted by Gasteiger charge is 2.25. The fourth-order valence-electron chi connectivity index (χ4n) is 2.47. The van der Waals surface area contributed by atoms with Crippen LogP contribution < -0.4 is 5.73 Å². The summed E-state index contributed by atoms with van der Waals surface area (Å²) in [6.07, 6.45) is 3.89. The molecule has 2 N–H and O–H groups in total. The molecule has 2 rings (SSSR count). The molecular weight excluding hydrogens is 254 g/mol. The number of rotatable bonds is 6. The van der Waals surface area contributed by atoms with E-state index in [0.29, 0.717) is 11.4 Å². The molecule has 2 nitrogen and oxygen atoms in total. The van der Waals surface area contributed by atoms with Crippen LogP contribution in [0.25, 0.3) is 0 Å². The molecule has 3 atom stereocenters. The van der Waals surface area contributed by atoms with E-state index in [2.05, 4.69) is 38.1 Å². The standard InChI is InChI=1S/C16H25NOS/c1-3-4-13-5-7-14(8-6-13)15(17)11-19-16-9-10-18-12(16)2/h5-8,12,15-16H,3-4,9-11,17H2,1-2H3. The molecule has 0 spiro atoms. The molecule has 3 heteroatoms. The van der Waals surface area contributed by atoms with E-state index in [1.54, 1.807) is 0 Å². The fraction of sp³-hybridized carbons (Fsp3) is 0.625. The topological polar surface area (TPSA) is 35.2 Å². The Hall–Kier alpha value is -0.510. The van der Waals surface area contributed by atoms with Gasteiger partial charge in [0.1, 0.15) is 0 Å². The Balaban J connectivity index is 1.83. The second-order valence-electron chi connectivity index (χ2n) is 5.33. The van der Waals surface area contributed by atoms with Crippen LogP contribution in [0.3, 0.4) is 0 Å². The zero-order valence-electron chi connectivity index (χ0n) is 12.0. The van der Waals surface area contributed by atoms with E-state index < -0.39 is 0 Å². The maximum Gasteiger partial charge on any atom is 0.0666 e.